The van der Waals surface area contributed by atoms with Crippen LogP contribution in [0.25, 0.3) is 0 Å². The molecule has 44 heavy (non-hydrogen) atoms. The van der Waals surface area contributed by atoms with Crippen LogP contribution in [0.5, 0.6) is 0 Å². The van der Waals surface area contributed by atoms with Gasteiger partial charge in [-0.1, -0.05) is 115 Å². The number of allylic oxidation sites excluding steroid dienone is 1. The molecule has 1 amide bonds. The summed E-state index contributed by atoms with van der Waals surface area (Å²) in [6.07, 6.45) is 24.4. The van der Waals surface area contributed by atoms with Gasteiger partial charge in [0.05, 0.1) is 6.61 Å². The standard InChI is InChI=1S/C36H68N2O5S/c1-5-8-10-12-13-19-25-32-43-35(40)27-21-15-17-23-29-38(36(41)44-33-30-37(4)7-3)28-22-16-14-20-26-34(39)42-31-24-18-11-9-6-2/h19,25H,5-18,20-24,26-33H2,1-4H3/b25-19-. The smallest absolute Gasteiger partial charge is 0.306 e. The SMILES string of the molecule is CCCCCC/C=C\COC(=O)CCCCCCN(CCCCCCC(=O)OCCCCCCC)C(=O)SCCN(C)CC. The lowest BCUT2D eigenvalue weighted by molar-refractivity contribution is -0.144. The minimum absolute atomic E-state index is 0.0796. The average molecular weight is 641 g/mol. The van der Waals surface area contributed by atoms with Crippen molar-refractivity contribution < 1.29 is 23.9 Å². The van der Waals surface area contributed by atoms with Crippen molar-refractivity contribution in [3.63, 3.8) is 0 Å². The number of nitrogens with zero attached hydrogens (tertiary/aromatic N) is 2. The predicted molar refractivity (Wildman–Crippen MR) is 187 cm³/mol. The Kier molecular flexibility index (Phi) is 31.7. The van der Waals surface area contributed by atoms with E-state index in [-0.39, 0.29) is 17.2 Å². The predicted octanol–water partition coefficient (Wildman–Crippen LogP) is 9.58. The summed E-state index contributed by atoms with van der Waals surface area (Å²) in [5.74, 6) is 0.599. The van der Waals surface area contributed by atoms with E-state index in [9.17, 15) is 14.4 Å². The van der Waals surface area contributed by atoms with Gasteiger partial charge in [0.2, 0.25) is 0 Å². The van der Waals surface area contributed by atoms with E-state index in [1.54, 1.807) is 0 Å². The fraction of sp³-hybridized carbons (Fsp3) is 0.861. The summed E-state index contributed by atoms with van der Waals surface area (Å²) in [7, 11) is 2.08. The molecule has 0 fully saturated rings. The highest BCUT2D eigenvalue weighted by atomic mass is 32.2. The molecule has 7 nitrogen and oxygen atoms in total. The van der Waals surface area contributed by atoms with E-state index in [4.69, 9.17) is 9.47 Å². The molecule has 0 rings (SSSR count). The third kappa shape index (κ3) is 29.2. The second-order valence-electron chi connectivity index (χ2n) is 12.0. The quantitative estimate of drug-likeness (QED) is 0.0424. The number of hydrogen-bond donors (Lipinski definition) is 0. The summed E-state index contributed by atoms with van der Waals surface area (Å²) in [5.41, 5.74) is 0. The molecule has 0 aliphatic heterocycles. The summed E-state index contributed by atoms with van der Waals surface area (Å²) in [5, 5.41) is 0.166. The topological polar surface area (TPSA) is 76.1 Å². The summed E-state index contributed by atoms with van der Waals surface area (Å²) >= 11 is 1.42. The van der Waals surface area contributed by atoms with Crippen LogP contribution in [0.2, 0.25) is 0 Å². The monoisotopic (exact) mass is 640 g/mol. The highest BCUT2D eigenvalue weighted by Crippen LogP contribution is 2.15. The number of rotatable bonds is 31. The first-order valence-corrected chi connectivity index (χ1v) is 19.0. The number of amides is 1. The Bertz CT molecular complexity index is 719. The number of thioether (sulfide) groups is 1. The normalized spacial score (nSPS) is 11.4. The minimum Gasteiger partial charge on any atom is -0.466 e. The second kappa shape index (κ2) is 32.8. The van der Waals surface area contributed by atoms with Gasteiger partial charge < -0.3 is 19.3 Å². The number of unbranched alkanes of at least 4 members (excludes halogenated alkanes) is 14. The van der Waals surface area contributed by atoms with E-state index < -0.39 is 0 Å². The summed E-state index contributed by atoms with van der Waals surface area (Å²) < 4.78 is 10.7. The molecule has 0 unspecified atom stereocenters. The Hall–Kier alpha value is -1.54. The highest BCUT2D eigenvalue weighted by molar-refractivity contribution is 8.13. The minimum atomic E-state index is -0.124. The van der Waals surface area contributed by atoms with Crippen LogP contribution in [0.15, 0.2) is 12.2 Å². The maximum absolute atomic E-state index is 13.0. The molecular weight excluding hydrogens is 572 g/mol. The number of carbonyl (C=O) groups is 3. The van der Waals surface area contributed by atoms with Gasteiger partial charge in [-0.2, -0.15) is 0 Å². The molecule has 0 saturated carbocycles. The van der Waals surface area contributed by atoms with E-state index in [1.807, 2.05) is 11.0 Å². The number of esters is 2. The van der Waals surface area contributed by atoms with Crippen LogP contribution in [-0.2, 0) is 19.1 Å². The molecule has 0 spiro atoms. The highest BCUT2D eigenvalue weighted by Gasteiger charge is 2.14. The molecule has 0 aliphatic rings. The van der Waals surface area contributed by atoms with E-state index in [1.165, 1.54) is 56.7 Å². The third-order valence-electron chi connectivity index (χ3n) is 7.86. The number of ether oxygens (including phenoxy) is 2. The lowest BCUT2D eigenvalue weighted by Crippen LogP contribution is -2.31. The summed E-state index contributed by atoms with van der Waals surface area (Å²) in [6, 6.07) is 0. The molecule has 8 heteroatoms. The zero-order chi connectivity index (χ0) is 32.5. The largest absolute Gasteiger partial charge is 0.466 e. The molecular formula is C36H68N2O5S. The van der Waals surface area contributed by atoms with E-state index >= 15 is 0 Å². The average Bonchev–Trinajstić information content (AvgIpc) is 3.02. The van der Waals surface area contributed by atoms with Crippen molar-refractivity contribution in [3.05, 3.63) is 12.2 Å². The van der Waals surface area contributed by atoms with Crippen molar-refractivity contribution in [2.45, 2.75) is 149 Å². The molecule has 0 atom stereocenters. The Morgan fingerprint density at radius 3 is 1.77 bits per heavy atom. The van der Waals surface area contributed by atoms with Gasteiger partial charge in [0, 0.05) is 38.2 Å². The van der Waals surface area contributed by atoms with Crippen LogP contribution < -0.4 is 0 Å². The fourth-order valence-electron chi connectivity index (χ4n) is 4.74. The van der Waals surface area contributed by atoms with Crippen LogP contribution in [0.1, 0.15) is 149 Å². The third-order valence-corrected chi connectivity index (χ3v) is 8.75. The van der Waals surface area contributed by atoms with Crippen molar-refractivity contribution in [1.82, 2.24) is 9.80 Å². The lowest BCUT2D eigenvalue weighted by Gasteiger charge is -2.23. The molecule has 0 aliphatic carbocycles. The zero-order valence-corrected chi connectivity index (χ0v) is 29.9. The van der Waals surface area contributed by atoms with Crippen LogP contribution in [0.4, 0.5) is 4.79 Å². The Balaban J connectivity index is 4.17. The van der Waals surface area contributed by atoms with E-state index in [0.717, 1.165) is 103 Å². The van der Waals surface area contributed by atoms with E-state index in [0.29, 0.717) is 26.1 Å². The number of hydrogen-bond acceptors (Lipinski definition) is 7. The van der Waals surface area contributed by atoms with Crippen molar-refractivity contribution in [2.75, 3.05) is 52.2 Å². The second-order valence-corrected chi connectivity index (χ2v) is 13.0. The van der Waals surface area contributed by atoms with Crippen LogP contribution in [0.3, 0.4) is 0 Å². The zero-order valence-electron chi connectivity index (χ0n) is 29.1. The molecule has 0 aromatic heterocycles. The van der Waals surface area contributed by atoms with E-state index in [2.05, 4.69) is 38.8 Å². The first-order chi connectivity index (χ1) is 21.4. The van der Waals surface area contributed by atoms with Gasteiger partial charge in [0.1, 0.15) is 6.61 Å². The van der Waals surface area contributed by atoms with Crippen LogP contribution in [-0.4, -0.2) is 79.2 Å². The van der Waals surface area contributed by atoms with Gasteiger partial charge in [0.15, 0.2) is 0 Å². The molecule has 0 bridgehead atoms. The van der Waals surface area contributed by atoms with Crippen molar-refractivity contribution in [2.24, 2.45) is 0 Å². The Labute approximate surface area is 275 Å². The lowest BCUT2D eigenvalue weighted by atomic mass is 10.1. The van der Waals surface area contributed by atoms with Gasteiger partial charge in [0.25, 0.3) is 5.24 Å². The van der Waals surface area contributed by atoms with Crippen LogP contribution in [0, 0.1) is 0 Å². The molecule has 0 N–H and O–H groups in total. The fourth-order valence-corrected chi connectivity index (χ4v) is 5.68. The molecule has 0 aromatic carbocycles. The number of carbonyl (C=O) groups excluding carboxylic acids is 3. The molecule has 0 radical (unpaired) electrons. The molecule has 0 heterocycles. The molecule has 258 valence electrons. The van der Waals surface area contributed by atoms with Gasteiger partial charge in [-0.05, 0) is 58.5 Å². The van der Waals surface area contributed by atoms with Crippen LogP contribution >= 0.6 is 11.8 Å². The maximum atomic E-state index is 13.0. The maximum Gasteiger partial charge on any atom is 0.306 e. The van der Waals surface area contributed by atoms with Gasteiger partial charge in [-0.25, -0.2) is 0 Å². The summed E-state index contributed by atoms with van der Waals surface area (Å²) in [6.45, 7) is 10.9. The Morgan fingerprint density at radius 2 is 1.16 bits per heavy atom. The van der Waals surface area contributed by atoms with Crippen molar-refractivity contribution >= 4 is 28.9 Å². The first-order valence-electron chi connectivity index (χ1n) is 18.0. The Morgan fingerprint density at radius 1 is 0.614 bits per heavy atom. The first kappa shape index (κ1) is 42.5. The summed E-state index contributed by atoms with van der Waals surface area (Å²) in [4.78, 5) is 41.2. The molecule has 0 aromatic rings. The molecule has 0 saturated heterocycles. The van der Waals surface area contributed by atoms with Gasteiger partial charge in [-0.15, -0.1) is 0 Å². The van der Waals surface area contributed by atoms with Gasteiger partial charge in [-0.3, -0.25) is 14.4 Å². The van der Waals surface area contributed by atoms with Gasteiger partial charge >= 0.3 is 11.9 Å². The van der Waals surface area contributed by atoms with Crippen molar-refractivity contribution in [3.8, 4) is 0 Å². The van der Waals surface area contributed by atoms with Crippen molar-refractivity contribution in [1.29, 1.82) is 0 Å².